The second-order valence-corrected chi connectivity index (χ2v) is 8.37. The van der Waals surface area contributed by atoms with Crippen molar-refractivity contribution in [2.45, 2.75) is 50.0 Å². The van der Waals surface area contributed by atoms with Crippen LogP contribution in [0.4, 0.5) is 13.6 Å². The number of hydrogen-bond donors (Lipinski definition) is 2. The fourth-order valence-corrected chi connectivity index (χ4v) is 4.78. The SMILES string of the molecule is O=C(O)C[C@H](NC(=O)OCC1c2ccccc2-c2ccccc21)C1CCC(F)(F)CC1. The van der Waals surface area contributed by atoms with Crippen LogP contribution in [0.15, 0.2) is 48.5 Å². The fourth-order valence-electron chi connectivity index (χ4n) is 4.78. The van der Waals surface area contributed by atoms with Crippen LogP contribution in [-0.2, 0) is 9.53 Å². The molecule has 0 aromatic heterocycles. The summed E-state index contributed by atoms with van der Waals surface area (Å²) in [4.78, 5) is 23.8. The molecule has 0 bridgehead atoms. The quantitative estimate of drug-likeness (QED) is 0.662. The highest BCUT2D eigenvalue weighted by Crippen LogP contribution is 2.44. The molecule has 0 unspecified atom stereocenters. The Labute approximate surface area is 179 Å². The minimum atomic E-state index is -2.71. The number of alkyl carbamates (subject to hydrolysis) is 1. The zero-order valence-electron chi connectivity index (χ0n) is 17.0. The molecule has 4 rings (SSSR count). The molecule has 1 amide bonds. The number of halogens is 2. The van der Waals surface area contributed by atoms with E-state index in [1.165, 1.54) is 0 Å². The van der Waals surface area contributed by atoms with Gasteiger partial charge in [-0.3, -0.25) is 4.79 Å². The number of alkyl halides is 2. The van der Waals surface area contributed by atoms with E-state index in [0.29, 0.717) is 0 Å². The van der Waals surface area contributed by atoms with Gasteiger partial charge in [-0.25, -0.2) is 13.6 Å². The molecule has 0 heterocycles. The molecule has 0 spiro atoms. The zero-order chi connectivity index (χ0) is 22.0. The van der Waals surface area contributed by atoms with Crippen molar-refractivity contribution in [3.63, 3.8) is 0 Å². The normalized spacial score (nSPS) is 18.6. The minimum absolute atomic E-state index is 0.107. The van der Waals surface area contributed by atoms with E-state index in [1.807, 2.05) is 48.5 Å². The Hall–Kier alpha value is -2.96. The van der Waals surface area contributed by atoms with Crippen LogP contribution in [0.3, 0.4) is 0 Å². The third kappa shape index (κ3) is 4.70. The lowest BCUT2D eigenvalue weighted by Crippen LogP contribution is -2.44. The Kier molecular flexibility index (Phi) is 5.94. The van der Waals surface area contributed by atoms with Crippen molar-refractivity contribution in [1.82, 2.24) is 5.32 Å². The zero-order valence-corrected chi connectivity index (χ0v) is 17.0. The highest BCUT2D eigenvalue weighted by molar-refractivity contribution is 5.79. The van der Waals surface area contributed by atoms with Crippen LogP contribution in [0.2, 0.25) is 0 Å². The number of carboxylic acids is 1. The number of carbonyl (C=O) groups is 2. The molecule has 0 radical (unpaired) electrons. The van der Waals surface area contributed by atoms with Gasteiger partial charge in [0.25, 0.3) is 0 Å². The molecule has 0 aliphatic heterocycles. The Balaban J connectivity index is 1.41. The summed E-state index contributed by atoms with van der Waals surface area (Å²) in [7, 11) is 0. The minimum Gasteiger partial charge on any atom is -0.481 e. The van der Waals surface area contributed by atoms with Gasteiger partial charge in [0.15, 0.2) is 0 Å². The van der Waals surface area contributed by atoms with Gasteiger partial charge in [0.1, 0.15) is 6.61 Å². The van der Waals surface area contributed by atoms with E-state index in [4.69, 9.17) is 4.74 Å². The molecule has 2 N–H and O–H groups in total. The van der Waals surface area contributed by atoms with E-state index in [9.17, 15) is 23.5 Å². The van der Waals surface area contributed by atoms with Gasteiger partial charge < -0.3 is 15.2 Å². The highest BCUT2D eigenvalue weighted by Gasteiger charge is 2.39. The van der Waals surface area contributed by atoms with Gasteiger partial charge in [0.05, 0.1) is 6.42 Å². The van der Waals surface area contributed by atoms with E-state index in [0.717, 1.165) is 22.3 Å². The molecule has 0 saturated heterocycles. The van der Waals surface area contributed by atoms with Crippen LogP contribution >= 0.6 is 0 Å². The number of nitrogens with one attached hydrogen (secondary N) is 1. The molecule has 2 aromatic rings. The third-order valence-electron chi connectivity index (χ3n) is 6.37. The number of ether oxygens (including phenoxy) is 1. The van der Waals surface area contributed by atoms with Crippen LogP contribution in [0.1, 0.15) is 49.1 Å². The van der Waals surface area contributed by atoms with Crippen molar-refractivity contribution in [3.8, 4) is 11.1 Å². The van der Waals surface area contributed by atoms with Gasteiger partial charge in [-0.1, -0.05) is 48.5 Å². The molecule has 2 aliphatic carbocycles. The molecule has 2 aromatic carbocycles. The Morgan fingerprint density at radius 3 is 2.13 bits per heavy atom. The van der Waals surface area contributed by atoms with Crippen molar-refractivity contribution in [1.29, 1.82) is 0 Å². The molecule has 2 aliphatic rings. The molecular formula is C24H25F2NO4. The third-order valence-corrected chi connectivity index (χ3v) is 6.37. The maximum Gasteiger partial charge on any atom is 0.407 e. The second-order valence-electron chi connectivity index (χ2n) is 8.37. The van der Waals surface area contributed by atoms with E-state index < -0.39 is 24.0 Å². The van der Waals surface area contributed by atoms with E-state index in [1.54, 1.807) is 0 Å². The molecular weight excluding hydrogens is 404 g/mol. The Morgan fingerprint density at radius 2 is 1.58 bits per heavy atom. The van der Waals surface area contributed by atoms with E-state index >= 15 is 0 Å². The first-order chi connectivity index (χ1) is 14.8. The van der Waals surface area contributed by atoms with Crippen LogP contribution in [0.5, 0.6) is 0 Å². The summed E-state index contributed by atoms with van der Waals surface area (Å²) in [5.41, 5.74) is 4.37. The number of carboxylic acid groups (broad SMARTS) is 1. The molecule has 164 valence electrons. The molecule has 7 heteroatoms. The smallest absolute Gasteiger partial charge is 0.407 e. The number of amides is 1. The van der Waals surface area contributed by atoms with Gasteiger partial charge in [-0.2, -0.15) is 0 Å². The molecule has 1 atom stereocenters. The van der Waals surface area contributed by atoms with Gasteiger partial charge in [0, 0.05) is 24.8 Å². The summed E-state index contributed by atoms with van der Waals surface area (Å²) in [6, 6.07) is 15.2. The lowest BCUT2D eigenvalue weighted by atomic mass is 9.81. The van der Waals surface area contributed by atoms with Gasteiger partial charge in [-0.15, -0.1) is 0 Å². The molecule has 31 heavy (non-hydrogen) atoms. The van der Waals surface area contributed by atoms with Crippen LogP contribution in [0, 0.1) is 5.92 Å². The summed E-state index contributed by atoms with van der Waals surface area (Å²) < 4.78 is 32.4. The maximum absolute atomic E-state index is 13.5. The predicted molar refractivity (Wildman–Crippen MR) is 111 cm³/mol. The summed E-state index contributed by atoms with van der Waals surface area (Å²) in [5.74, 6) is -4.21. The van der Waals surface area contributed by atoms with Gasteiger partial charge in [0.2, 0.25) is 5.92 Å². The van der Waals surface area contributed by atoms with Gasteiger partial charge >= 0.3 is 12.1 Å². The summed E-state index contributed by atoms with van der Waals surface area (Å²) in [6.07, 6.45) is -1.27. The first kappa shape index (κ1) is 21.3. The lowest BCUT2D eigenvalue weighted by molar-refractivity contribution is -0.138. The summed E-state index contributed by atoms with van der Waals surface area (Å²) in [6.45, 7) is 0.113. The van der Waals surface area contributed by atoms with Crippen molar-refractivity contribution in [3.05, 3.63) is 59.7 Å². The van der Waals surface area contributed by atoms with Crippen molar-refractivity contribution in [2.75, 3.05) is 6.61 Å². The Morgan fingerprint density at radius 1 is 1.03 bits per heavy atom. The van der Waals surface area contributed by atoms with Gasteiger partial charge in [-0.05, 0) is 41.0 Å². The summed E-state index contributed by atoms with van der Waals surface area (Å²) >= 11 is 0. The standard InChI is InChI=1S/C24H25F2NO4/c25-24(26)11-9-15(10-12-24)21(13-22(28)29)27-23(30)31-14-20-18-7-3-1-5-16(18)17-6-2-4-8-19(17)20/h1-8,15,20-21H,9-14H2,(H,27,30)(H,28,29)/t21-/m0/s1. The van der Waals surface area contributed by atoms with Crippen LogP contribution in [-0.4, -0.2) is 35.7 Å². The van der Waals surface area contributed by atoms with Crippen molar-refractivity contribution >= 4 is 12.1 Å². The second kappa shape index (κ2) is 8.65. The number of rotatable bonds is 6. The fraction of sp³-hybridized carbons (Fsp3) is 0.417. The van der Waals surface area contributed by atoms with E-state index in [2.05, 4.69) is 5.32 Å². The van der Waals surface area contributed by atoms with Crippen molar-refractivity contribution < 1.29 is 28.2 Å². The number of benzene rings is 2. The molecule has 1 fully saturated rings. The Bertz CT molecular complexity index is 922. The van der Waals surface area contributed by atoms with E-state index in [-0.39, 0.29) is 50.5 Å². The topological polar surface area (TPSA) is 75.6 Å². The van der Waals surface area contributed by atoms with Crippen molar-refractivity contribution in [2.24, 2.45) is 5.92 Å². The average molecular weight is 429 g/mol. The first-order valence-electron chi connectivity index (χ1n) is 10.6. The largest absolute Gasteiger partial charge is 0.481 e. The predicted octanol–water partition coefficient (Wildman–Crippen LogP) is 5.19. The highest BCUT2D eigenvalue weighted by atomic mass is 19.3. The number of carbonyl (C=O) groups excluding carboxylic acids is 1. The first-order valence-corrected chi connectivity index (χ1v) is 10.6. The van der Waals surface area contributed by atoms with Crippen LogP contribution in [0.25, 0.3) is 11.1 Å². The lowest BCUT2D eigenvalue weighted by Gasteiger charge is -2.33. The number of hydrogen-bond acceptors (Lipinski definition) is 3. The molecule has 1 saturated carbocycles. The monoisotopic (exact) mass is 429 g/mol. The number of fused-ring (bicyclic) bond motifs is 3. The maximum atomic E-state index is 13.5. The summed E-state index contributed by atoms with van der Waals surface area (Å²) in [5, 5.41) is 11.8. The number of aliphatic carboxylic acids is 1. The molecule has 5 nitrogen and oxygen atoms in total. The average Bonchev–Trinajstić information content (AvgIpc) is 3.05. The van der Waals surface area contributed by atoms with Crippen LogP contribution < -0.4 is 5.32 Å².